The number of nitrogens with one attached hydrogen (secondary N) is 1. The highest BCUT2D eigenvalue weighted by atomic mass is 32.2. The van der Waals surface area contributed by atoms with Gasteiger partial charge in [0.15, 0.2) is 0 Å². The second-order valence-electron chi connectivity index (χ2n) is 6.27. The van der Waals surface area contributed by atoms with Gasteiger partial charge in [-0.25, -0.2) is 13.1 Å². The summed E-state index contributed by atoms with van der Waals surface area (Å²) in [6, 6.07) is 0. The Morgan fingerprint density at radius 1 is 1.43 bits per heavy atom. The highest BCUT2D eigenvalue weighted by Crippen LogP contribution is 2.19. The molecule has 2 rings (SSSR count). The fourth-order valence-electron chi connectivity index (χ4n) is 2.98. The van der Waals surface area contributed by atoms with Gasteiger partial charge in [0.1, 0.15) is 5.76 Å². The molecular weight excluding hydrogens is 318 g/mol. The summed E-state index contributed by atoms with van der Waals surface area (Å²) in [6.07, 6.45) is 4.06. The molecule has 1 saturated heterocycles. The molecule has 1 aromatic heterocycles. The van der Waals surface area contributed by atoms with Crippen LogP contribution in [0.3, 0.4) is 0 Å². The molecule has 0 aliphatic carbocycles. The number of sulfonamides is 1. The lowest BCUT2D eigenvalue weighted by atomic mass is 9.97. The third-order valence-corrected chi connectivity index (χ3v) is 4.97. The van der Waals surface area contributed by atoms with Gasteiger partial charge >= 0.3 is 0 Å². The van der Waals surface area contributed by atoms with Gasteiger partial charge in [0.2, 0.25) is 15.9 Å². The van der Waals surface area contributed by atoms with E-state index in [-0.39, 0.29) is 11.8 Å². The largest absolute Gasteiger partial charge is 0.361 e. The van der Waals surface area contributed by atoms with Gasteiger partial charge in [-0.3, -0.25) is 4.79 Å². The predicted octanol–water partition coefficient (Wildman–Crippen LogP) is 1.01. The monoisotopic (exact) mass is 343 g/mol. The van der Waals surface area contributed by atoms with Crippen LogP contribution in [-0.2, 0) is 21.2 Å². The van der Waals surface area contributed by atoms with Gasteiger partial charge in [-0.15, -0.1) is 0 Å². The number of carbonyl (C=O) groups excluding carboxylic acids is 1. The minimum atomic E-state index is -3.18. The fourth-order valence-corrected chi connectivity index (χ4v) is 3.51. The molecule has 8 heteroatoms. The minimum Gasteiger partial charge on any atom is -0.361 e. The molecule has 1 aliphatic rings. The minimum absolute atomic E-state index is 0.106. The number of amides is 1. The molecule has 7 nitrogen and oxygen atoms in total. The van der Waals surface area contributed by atoms with Crippen LogP contribution in [0.2, 0.25) is 0 Å². The smallest absolute Gasteiger partial charge is 0.222 e. The average Bonchev–Trinajstić information content (AvgIpc) is 2.81. The van der Waals surface area contributed by atoms with E-state index in [1.165, 1.54) is 0 Å². The second-order valence-corrected chi connectivity index (χ2v) is 8.10. The Hall–Kier alpha value is -1.41. The summed E-state index contributed by atoms with van der Waals surface area (Å²) in [5.74, 6) is 1.06. The highest BCUT2D eigenvalue weighted by Gasteiger charge is 2.24. The lowest BCUT2D eigenvalue weighted by Crippen LogP contribution is -2.43. The van der Waals surface area contributed by atoms with Gasteiger partial charge in [-0.2, -0.15) is 0 Å². The van der Waals surface area contributed by atoms with Crippen LogP contribution in [0, 0.1) is 19.8 Å². The van der Waals surface area contributed by atoms with Crippen molar-refractivity contribution < 1.29 is 17.7 Å². The van der Waals surface area contributed by atoms with E-state index in [9.17, 15) is 13.2 Å². The quantitative estimate of drug-likeness (QED) is 0.832. The van der Waals surface area contributed by atoms with Crippen LogP contribution in [0.1, 0.15) is 36.3 Å². The van der Waals surface area contributed by atoms with Crippen molar-refractivity contribution in [2.75, 3.05) is 25.9 Å². The summed E-state index contributed by atoms with van der Waals surface area (Å²) in [4.78, 5) is 14.2. The molecule has 2 heterocycles. The Bertz CT molecular complexity index is 634. The maximum Gasteiger partial charge on any atom is 0.222 e. The summed E-state index contributed by atoms with van der Waals surface area (Å²) in [6.45, 7) is 5.49. The zero-order valence-electron chi connectivity index (χ0n) is 14.0. The summed E-state index contributed by atoms with van der Waals surface area (Å²) >= 11 is 0. The molecule has 0 spiro atoms. The van der Waals surface area contributed by atoms with Crippen LogP contribution >= 0.6 is 0 Å². The number of piperidine rings is 1. The van der Waals surface area contributed by atoms with Crippen molar-refractivity contribution in [3.63, 3.8) is 0 Å². The van der Waals surface area contributed by atoms with E-state index in [0.717, 1.165) is 42.7 Å². The number of rotatable bonds is 6. The van der Waals surface area contributed by atoms with E-state index in [0.29, 0.717) is 25.9 Å². The van der Waals surface area contributed by atoms with Crippen molar-refractivity contribution in [1.82, 2.24) is 14.8 Å². The van der Waals surface area contributed by atoms with E-state index in [1.807, 2.05) is 18.7 Å². The summed E-state index contributed by atoms with van der Waals surface area (Å²) in [5, 5.41) is 3.90. The summed E-state index contributed by atoms with van der Waals surface area (Å²) in [5.41, 5.74) is 1.84. The standard InChI is InChI=1S/C15H25N3O4S/c1-11-14(12(2)22-17-11)6-7-15(19)18-8-4-5-13(10-18)9-16-23(3,20)21/h13,16H,4-10H2,1-3H3/t13-/m1/s1. The van der Waals surface area contributed by atoms with Crippen molar-refractivity contribution in [2.24, 2.45) is 5.92 Å². The van der Waals surface area contributed by atoms with E-state index in [2.05, 4.69) is 9.88 Å². The van der Waals surface area contributed by atoms with Crippen molar-refractivity contribution in [2.45, 2.75) is 39.5 Å². The molecule has 1 aliphatic heterocycles. The van der Waals surface area contributed by atoms with Gasteiger partial charge in [-0.1, -0.05) is 5.16 Å². The van der Waals surface area contributed by atoms with Gasteiger partial charge < -0.3 is 9.42 Å². The van der Waals surface area contributed by atoms with Crippen molar-refractivity contribution >= 4 is 15.9 Å². The van der Waals surface area contributed by atoms with Crippen LogP contribution in [0.25, 0.3) is 0 Å². The molecule has 0 aromatic carbocycles. The SMILES string of the molecule is Cc1noc(C)c1CCC(=O)N1CCC[C@H](CNS(C)(=O)=O)C1. The molecule has 0 saturated carbocycles. The van der Waals surface area contributed by atoms with E-state index in [1.54, 1.807) is 0 Å². The topological polar surface area (TPSA) is 92.5 Å². The molecule has 1 fully saturated rings. The van der Waals surface area contributed by atoms with Gasteiger partial charge in [0, 0.05) is 31.6 Å². The molecule has 130 valence electrons. The normalized spacial score (nSPS) is 19.1. The Kier molecular flexibility index (Phi) is 5.80. The molecule has 1 atom stereocenters. The molecule has 0 bridgehead atoms. The van der Waals surface area contributed by atoms with E-state index in [4.69, 9.17) is 4.52 Å². The Morgan fingerprint density at radius 3 is 2.78 bits per heavy atom. The fraction of sp³-hybridized carbons (Fsp3) is 0.733. The molecular formula is C15H25N3O4S. The number of hydrogen-bond donors (Lipinski definition) is 1. The molecule has 1 aromatic rings. The van der Waals surface area contributed by atoms with Crippen LogP contribution in [0.15, 0.2) is 4.52 Å². The van der Waals surface area contributed by atoms with Gasteiger partial charge in [0.25, 0.3) is 0 Å². The molecule has 23 heavy (non-hydrogen) atoms. The Morgan fingerprint density at radius 2 is 2.17 bits per heavy atom. The van der Waals surface area contributed by atoms with Crippen molar-refractivity contribution in [3.05, 3.63) is 17.0 Å². The van der Waals surface area contributed by atoms with Crippen LogP contribution < -0.4 is 4.72 Å². The van der Waals surface area contributed by atoms with Crippen molar-refractivity contribution in [1.29, 1.82) is 0 Å². The first kappa shape index (κ1) is 17.9. The first-order valence-corrected chi connectivity index (χ1v) is 9.79. The van der Waals surface area contributed by atoms with E-state index >= 15 is 0 Å². The third kappa shape index (κ3) is 5.31. The van der Waals surface area contributed by atoms with Gasteiger partial charge in [-0.05, 0) is 39.0 Å². The number of carbonyl (C=O) groups is 1. The summed E-state index contributed by atoms with van der Waals surface area (Å²) in [7, 11) is -3.18. The predicted molar refractivity (Wildman–Crippen MR) is 86.4 cm³/mol. The average molecular weight is 343 g/mol. The number of aromatic nitrogens is 1. The number of aryl methyl sites for hydroxylation is 2. The maximum atomic E-state index is 12.4. The number of likely N-dealkylation sites (tertiary alicyclic amines) is 1. The maximum absolute atomic E-state index is 12.4. The zero-order valence-corrected chi connectivity index (χ0v) is 14.8. The lowest BCUT2D eigenvalue weighted by molar-refractivity contribution is -0.132. The first-order valence-electron chi connectivity index (χ1n) is 7.90. The second kappa shape index (κ2) is 7.44. The van der Waals surface area contributed by atoms with Crippen LogP contribution in [-0.4, -0.2) is 50.3 Å². The summed E-state index contributed by atoms with van der Waals surface area (Å²) < 4.78 is 30.0. The molecule has 1 amide bonds. The van der Waals surface area contributed by atoms with Crippen molar-refractivity contribution in [3.8, 4) is 0 Å². The van der Waals surface area contributed by atoms with Crippen LogP contribution in [0.5, 0.6) is 0 Å². The number of hydrogen-bond acceptors (Lipinski definition) is 5. The van der Waals surface area contributed by atoms with E-state index < -0.39 is 10.0 Å². The number of nitrogens with zero attached hydrogens (tertiary/aromatic N) is 2. The Balaban J connectivity index is 1.84. The third-order valence-electron chi connectivity index (χ3n) is 4.28. The molecule has 0 unspecified atom stereocenters. The molecule has 0 radical (unpaired) electrons. The van der Waals surface area contributed by atoms with Crippen LogP contribution in [0.4, 0.5) is 0 Å². The zero-order chi connectivity index (χ0) is 17.0. The first-order chi connectivity index (χ1) is 10.8. The molecule has 1 N–H and O–H groups in total. The van der Waals surface area contributed by atoms with Gasteiger partial charge in [0.05, 0.1) is 11.9 Å². The Labute approximate surface area is 137 Å². The lowest BCUT2D eigenvalue weighted by Gasteiger charge is -2.32. The highest BCUT2D eigenvalue weighted by molar-refractivity contribution is 7.88.